The van der Waals surface area contributed by atoms with Crippen LogP contribution in [0.4, 0.5) is 11.4 Å². The molecule has 3 aromatic rings. The fraction of sp³-hybridized carbons (Fsp3) is 0.259. The van der Waals surface area contributed by atoms with Gasteiger partial charge in [0.05, 0.1) is 25.4 Å². The van der Waals surface area contributed by atoms with Crippen LogP contribution < -0.4 is 10.2 Å². The number of likely N-dealkylation sites (N-methyl/N-ethyl adjacent to an activating group) is 1. The van der Waals surface area contributed by atoms with Crippen LogP contribution >= 0.6 is 0 Å². The first-order valence-electron chi connectivity index (χ1n) is 11.2. The molecule has 0 unspecified atom stereocenters. The second-order valence-corrected chi connectivity index (χ2v) is 8.23. The van der Waals surface area contributed by atoms with Gasteiger partial charge in [0.2, 0.25) is 5.91 Å². The number of anilines is 2. The third-order valence-corrected chi connectivity index (χ3v) is 5.66. The average Bonchev–Trinajstić information content (AvgIpc) is 2.85. The van der Waals surface area contributed by atoms with Crippen LogP contribution in [-0.4, -0.2) is 56.5 Å². The SMILES string of the molecule is CN(CC(=O)Nc1ccccc1C(=O)c1ccccc1)Cc1ccc(N2CCOCC2)cc1. The van der Waals surface area contributed by atoms with Crippen molar-refractivity contribution in [1.82, 2.24) is 4.90 Å². The minimum Gasteiger partial charge on any atom is -0.378 e. The van der Waals surface area contributed by atoms with Gasteiger partial charge in [0, 0.05) is 36.4 Å². The number of amides is 1. The number of carbonyl (C=O) groups is 2. The zero-order chi connectivity index (χ0) is 23.0. The van der Waals surface area contributed by atoms with Crippen LogP contribution in [0.15, 0.2) is 78.9 Å². The molecule has 170 valence electrons. The van der Waals surface area contributed by atoms with Crippen LogP contribution in [0.2, 0.25) is 0 Å². The van der Waals surface area contributed by atoms with Gasteiger partial charge in [0.1, 0.15) is 0 Å². The standard InChI is InChI=1S/C27H29N3O3/c1-29(19-21-11-13-23(14-12-21)30-15-17-33-18-16-30)20-26(31)28-25-10-6-5-9-24(25)27(32)22-7-3-2-4-8-22/h2-14H,15-20H2,1H3,(H,28,31). The second-order valence-electron chi connectivity index (χ2n) is 8.23. The van der Waals surface area contributed by atoms with E-state index in [0.717, 1.165) is 31.9 Å². The molecular formula is C27H29N3O3. The molecule has 6 heteroatoms. The summed E-state index contributed by atoms with van der Waals surface area (Å²) in [7, 11) is 1.91. The van der Waals surface area contributed by atoms with Gasteiger partial charge >= 0.3 is 0 Å². The molecule has 1 heterocycles. The number of carbonyl (C=O) groups excluding carboxylic acids is 2. The number of hydrogen-bond acceptors (Lipinski definition) is 5. The topological polar surface area (TPSA) is 61.9 Å². The van der Waals surface area contributed by atoms with E-state index in [9.17, 15) is 9.59 Å². The van der Waals surface area contributed by atoms with Crippen LogP contribution in [0.3, 0.4) is 0 Å². The van der Waals surface area contributed by atoms with Gasteiger partial charge in [-0.25, -0.2) is 0 Å². The Hall–Kier alpha value is -3.48. The highest BCUT2D eigenvalue weighted by Gasteiger charge is 2.16. The van der Waals surface area contributed by atoms with Crippen molar-refractivity contribution in [2.24, 2.45) is 0 Å². The number of rotatable bonds is 8. The van der Waals surface area contributed by atoms with Crippen molar-refractivity contribution >= 4 is 23.1 Å². The van der Waals surface area contributed by atoms with E-state index in [4.69, 9.17) is 4.74 Å². The van der Waals surface area contributed by atoms with Gasteiger partial charge in [-0.1, -0.05) is 54.6 Å². The summed E-state index contributed by atoms with van der Waals surface area (Å²) in [6.07, 6.45) is 0. The maximum Gasteiger partial charge on any atom is 0.238 e. The van der Waals surface area contributed by atoms with E-state index in [1.54, 1.807) is 30.3 Å². The largest absolute Gasteiger partial charge is 0.378 e. The van der Waals surface area contributed by atoms with Gasteiger partial charge in [-0.3, -0.25) is 14.5 Å². The summed E-state index contributed by atoms with van der Waals surface area (Å²) in [5, 5.41) is 2.91. The zero-order valence-corrected chi connectivity index (χ0v) is 18.9. The number of hydrogen-bond donors (Lipinski definition) is 1. The number of morpholine rings is 1. The monoisotopic (exact) mass is 443 g/mol. The summed E-state index contributed by atoms with van der Waals surface area (Å²) < 4.78 is 5.42. The lowest BCUT2D eigenvalue weighted by Crippen LogP contribution is -2.36. The number of benzene rings is 3. The number of para-hydroxylation sites is 1. The lowest BCUT2D eigenvalue weighted by Gasteiger charge is -2.29. The molecule has 1 amide bonds. The Kier molecular flexibility index (Phi) is 7.50. The summed E-state index contributed by atoms with van der Waals surface area (Å²) in [6.45, 7) is 4.22. The normalized spacial score (nSPS) is 13.7. The van der Waals surface area contributed by atoms with Crippen molar-refractivity contribution in [2.75, 3.05) is 50.1 Å². The molecule has 0 saturated carbocycles. The first-order chi connectivity index (χ1) is 16.1. The lowest BCUT2D eigenvalue weighted by atomic mass is 10.0. The molecule has 4 rings (SSSR count). The molecule has 0 aliphatic carbocycles. The lowest BCUT2D eigenvalue weighted by molar-refractivity contribution is -0.117. The molecule has 0 aromatic heterocycles. The highest BCUT2D eigenvalue weighted by atomic mass is 16.5. The maximum absolute atomic E-state index is 12.9. The Balaban J connectivity index is 1.34. The minimum absolute atomic E-state index is 0.111. The van der Waals surface area contributed by atoms with Gasteiger partial charge in [-0.15, -0.1) is 0 Å². The molecule has 6 nitrogen and oxygen atoms in total. The zero-order valence-electron chi connectivity index (χ0n) is 18.9. The summed E-state index contributed by atoms with van der Waals surface area (Å²) in [5.41, 5.74) is 3.94. The predicted octanol–water partition coefficient (Wildman–Crippen LogP) is 3.82. The third-order valence-electron chi connectivity index (χ3n) is 5.66. The van der Waals surface area contributed by atoms with Crippen molar-refractivity contribution < 1.29 is 14.3 Å². The number of nitrogens with one attached hydrogen (secondary N) is 1. The van der Waals surface area contributed by atoms with Crippen LogP contribution in [0.5, 0.6) is 0 Å². The number of ether oxygens (including phenoxy) is 1. The van der Waals surface area contributed by atoms with Crippen LogP contribution in [0.25, 0.3) is 0 Å². The van der Waals surface area contributed by atoms with Crippen molar-refractivity contribution in [1.29, 1.82) is 0 Å². The molecule has 1 saturated heterocycles. The molecule has 1 aliphatic rings. The smallest absolute Gasteiger partial charge is 0.238 e. The van der Waals surface area contributed by atoms with E-state index < -0.39 is 0 Å². The molecule has 0 spiro atoms. The Bertz CT molecular complexity index is 1080. The van der Waals surface area contributed by atoms with Crippen LogP contribution in [0, 0.1) is 0 Å². The minimum atomic E-state index is -0.157. The fourth-order valence-electron chi connectivity index (χ4n) is 3.97. The molecule has 0 radical (unpaired) electrons. The van der Waals surface area contributed by atoms with E-state index in [-0.39, 0.29) is 18.2 Å². The van der Waals surface area contributed by atoms with Crippen molar-refractivity contribution in [3.8, 4) is 0 Å². The molecule has 1 fully saturated rings. The van der Waals surface area contributed by atoms with Gasteiger partial charge in [0.25, 0.3) is 0 Å². The van der Waals surface area contributed by atoms with E-state index in [1.165, 1.54) is 5.69 Å². The van der Waals surface area contributed by atoms with E-state index in [0.29, 0.717) is 23.4 Å². The summed E-state index contributed by atoms with van der Waals surface area (Å²) in [6, 6.07) is 24.7. The Morgan fingerprint density at radius 3 is 2.30 bits per heavy atom. The Morgan fingerprint density at radius 2 is 1.58 bits per heavy atom. The van der Waals surface area contributed by atoms with Crippen LogP contribution in [-0.2, 0) is 16.1 Å². The van der Waals surface area contributed by atoms with E-state index in [2.05, 4.69) is 34.5 Å². The van der Waals surface area contributed by atoms with Gasteiger partial charge < -0.3 is 15.0 Å². The van der Waals surface area contributed by atoms with Crippen molar-refractivity contribution in [3.63, 3.8) is 0 Å². The number of ketones is 1. The molecule has 0 atom stereocenters. The van der Waals surface area contributed by atoms with Gasteiger partial charge in [-0.05, 0) is 36.9 Å². The number of nitrogens with zero attached hydrogens (tertiary/aromatic N) is 2. The van der Waals surface area contributed by atoms with Gasteiger partial charge in [-0.2, -0.15) is 0 Å². The third kappa shape index (κ3) is 6.06. The van der Waals surface area contributed by atoms with Crippen molar-refractivity contribution in [2.45, 2.75) is 6.54 Å². The molecule has 1 N–H and O–H groups in total. The molecule has 3 aromatic carbocycles. The quantitative estimate of drug-likeness (QED) is 0.536. The highest BCUT2D eigenvalue weighted by molar-refractivity contribution is 6.13. The average molecular weight is 444 g/mol. The summed E-state index contributed by atoms with van der Waals surface area (Å²) in [4.78, 5) is 29.9. The highest BCUT2D eigenvalue weighted by Crippen LogP contribution is 2.20. The summed E-state index contributed by atoms with van der Waals surface area (Å²) >= 11 is 0. The fourth-order valence-corrected chi connectivity index (χ4v) is 3.97. The second kappa shape index (κ2) is 10.9. The Morgan fingerprint density at radius 1 is 0.909 bits per heavy atom. The first kappa shape index (κ1) is 22.7. The molecular weight excluding hydrogens is 414 g/mol. The maximum atomic E-state index is 12.9. The Labute approximate surface area is 194 Å². The van der Waals surface area contributed by atoms with E-state index >= 15 is 0 Å². The molecule has 33 heavy (non-hydrogen) atoms. The summed E-state index contributed by atoms with van der Waals surface area (Å²) in [5.74, 6) is -0.268. The van der Waals surface area contributed by atoms with E-state index in [1.807, 2.05) is 36.2 Å². The van der Waals surface area contributed by atoms with Gasteiger partial charge in [0.15, 0.2) is 5.78 Å². The van der Waals surface area contributed by atoms with Crippen LogP contribution in [0.1, 0.15) is 21.5 Å². The van der Waals surface area contributed by atoms with Crippen molar-refractivity contribution in [3.05, 3.63) is 95.6 Å². The predicted molar refractivity (Wildman–Crippen MR) is 131 cm³/mol. The molecule has 1 aliphatic heterocycles. The molecule has 0 bridgehead atoms. The first-order valence-corrected chi connectivity index (χ1v) is 11.2.